The molecule has 0 amide bonds. The Hall–Kier alpha value is -1.39. The highest BCUT2D eigenvalue weighted by molar-refractivity contribution is 7.84. The Bertz CT molecular complexity index is 583. The maximum Gasteiger partial charge on any atom is 0.125 e. The molecule has 5 heteroatoms. The number of benzene rings is 2. The minimum Gasteiger partial charge on any atom is -0.399 e. The van der Waals surface area contributed by atoms with Gasteiger partial charge in [-0.2, -0.15) is 0 Å². The third-order valence-corrected chi connectivity index (χ3v) is 4.24. The van der Waals surface area contributed by atoms with E-state index in [2.05, 4.69) is 0 Å². The molecule has 0 aliphatic heterocycles. The summed E-state index contributed by atoms with van der Waals surface area (Å²) >= 11 is 5.96. The first-order chi connectivity index (χ1) is 8.56. The Morgan fingerprint density at radius 3 is 2.61 bits per heavy atom. The Kier molecular flexibility index (Phi) is 3.99. The molecule has 0 saturated heterocycles. The third-order valence-electron chi connectivity index (χ3n) is 2.36. The van der Waals surface area contributed by atoms with Gasteiger partial charge in [0.2, 0.25) is 0 Å². The van der Waals surface area contributed by atoms with Crippen LogP contribution in [0.3, 0.4) is 0 Å². The maximum atomic E-state index is 13.2. The van der Waals surface area contributed by atoms with Crippen LogP contribution in [0.15, 0.2) is 47.4 Å². The van der Waals surface area contributed by atoms with E-state index in [9.17, 15) is 8.60 Å². The van der Waals surface area contributed by atoms with E-state index >= 15 is 0 Å². The first-order valence-corrected chi connectivity index (χ1v) is 6.94. The van der Waals surface area contributed by atoms with Crippen molar-refractivity contribution in [1.29, 1.82) is 0 Å². The molecule has 0 bridgehead atoms. The van der Waals surface area contributed by atoms with Gasteiger partial charge in [-0.1, -0.05) is 23.7 Å². The average Bonchev–Trinajstić information content (AvgIpc) is 2.27. The highest BCUT2D eigenvalue weighted by Crippen LogP contribution is 2.22. The van der Waals surface area contributed by atoms with Gasteiger partial charge in [0.1, 0.15) is 5.82 Å². The van der Waals surface area contributed by atoms with E-state index in [0.29, 0.717) is 21.2 Å². The minimum atomic E-state index is -1.32. The lowest BCUT2D eigenvalue weighted by Gasteiger charge is -2.05. The van der Waals surface area contributed by atoms with Gasteiger partial charge in [-0.05, 0) is 35.9 Å². The summed E-state index contributed by atoms with van der Waals surface area (Å²) in [4.78, 5) is 0.544. The number of nitrogen functional groups attached to an aromatic ring is 1. The molecule has 2 aromatic rings. The van der Waals surface area contributed by atoms with Gasteiger partial charge in [0, 0.05) is 5.69 Å². The van der Waals surface area contributed by atoms with Gasteiger partial charge in [-0.25, -0.2) is 4.39 Å². The Morgan fingerprint density at radius 1 is 1.22 bits per heavy atom. The van der Waals surface area contributed by atoms with Crippen LogP contribution in [0.25, 0.3) is 0 Å². The molecule has 0 aliphatic carbocycles. The van der Waals surface area contributed by atoms with E-state index in [0.717, 1.165) is 0 Å². The number of anilines is 1. The molecule has 94 valence electrons. The first kappa shape index (κ1) is 13.1. The van der Waals surface area contributed by atoms with Crippen molar-refractivity contribution in [2.45, 2.75) is 10.6 Å². The Balaban J connectivity index is 2.24. The van der Waals surface area contributed by atoms with Gasteiger partial charge < -0.3 is 5.73 Å². The van der Waals surface area contributed by atoms with Gasteiger partial charge >= 0.3 is 0 Å². The molecule has 0 heterocycles. The molecule has 0 spiro atoms. The van der Waals surface area contributed by atoms with E-state index in [1.807, 2.05) is 0 Å². The lowest BCUT2D eigenvalue weighted by atomic mass is 10.2. The van der Waals surface area contributed by atoms with Crippen molar-refractivity contribution in [3.63, 3.8) is 0 Å². The Labute approximate surface area is 112 Å². The van der Waals surface area contributed by atoms with Gasteiger partial charge in [0.05, 0.1) is 26.5 Å². The van der Waals surface area contributed by atoms with Crippen LogP contribution in [0.5, 0.6) is 0 Å². The van der Waals surface area contributed by atoms with Gasteiger partial charge in [0.25, 0.3) is 0 Å². The normalized spacial score (nSPS) is 12.3. The van der Waals surface area contributed by atoms with E-state index in [4.69, 9.17) is 17.3 Å². The quantitative estimate of drug-likeness (QED) is 0.878. The van der Waals surface area contributed by atoms with Crippen LogP contribution in [0, 0.1) is 5.82 Å². The smallest absolute Gasteiger partial charge is 0.125 e. The predicted molar refractivity (Wildman–Crippen MR) is 72.4 cm³/mol. The van der Waals surface area contributed by atoms with E-state index in [1.165, 1.54) is 12.1 Å². The number of rotatable bonds is 3. The zero-order chi connectivity index (χ0) is 13.1. The summed E-state index contributed by atoms with van der Waals surface area (Å²) < 4.78 is 25.3. The van der Waals surface area contributed by atoms with Crippen LogP contribution < -0.4 is 5.73 Å². The Morgan fingerprint density at radius 2 is 1.94 bits per heavy atom. The summed E-state index contributed by atoms with van der Waals surface area (Å²) in [5.74, 6) is -0.243. The largest absolute Gasteiger partial charge is 0.399 e. The monoisotopic (exact) mass is 283 g/mol. The summed E-state index contributed by atoms with van der Waals surface area (Å²) in [6.07, 6.45) is 0. The number of halogens is 2. The van der Waals surface area contributed by atoms with Crippen molar-refractivity contribution in [3.05, 3.63) is 58.9 Å². The highest BCUT2D eigenvalue weighted by Gasteiger charge is 2.09. The van der Waals surface area contributed by atoms with Crippen molar-refractivity contribution in [2.75, 3.05) is 5.73 Å². The summed E-state index contributed by atoms with van der Waals surface area (Å²) in [5, 5.41) is 0.445. The van der Waals surface area contributed by atoms with Crippen LogP contribution in [0.2, 0.25) is 5.02 Å². The van der Waals surface area contributed by atoms with E-state index in [1.54, 1.807) is 30.3 Å². The van der Waals surface area contributed by atoms with Crippen molar-refractivity contribution in [1.82, 2.24) is 0 Å². The van der Waals surface area contributed by atoms with Gasteiger partial charge in [-0.3, -0.25) is 4.21 Å². The molecular weight excluding hydrogens is 273 g/mol. The van der Waals surface area contributed by atoms with Gasteiger partial charge in [-0.15, -0.1) is 0 Å². The summed E-state index contributed by atoms with van der Waals surface area (Å²) in [7, 11) is -1.32. The van der Waals surface area contributed by atoms with Crippen molar-refractivity contribution in [2.24, 2.45) is 0 Å². The number of hydrogen-bond acceptors (Lipinski definition) is 2. The number of hydrogen-bond donors (Lipinski definition) is 1. The lowest BCUT2D eigenvalue weighted by molar-refractivity contribution is 0.627. The van der Waals surface area contributed by atoms with Crippen LogP contribution in [-0.2, 0) is 16.6 Å². The van der Waals surface area contributed by atoms with Gasteiger partial charge in [0.15, 0.2) is 0 Å². The molecule has 18 heavy (non-hydrogen) atoms. The molecule has 1 unspecified atom stereocenters. The molecule has 0 fully saturated rings. The molecule has 0 radical (unpaired) electrons. The standard InChI is InChI=1S/C13H11ClFNOS/c14-12-3-1-2-4-13(12)18(17)8-9-5-10(15)7-11(16)6-9/h1-7H,8,16H2. The maximum absolute atomic E-state index is 13.2. The topological polar surface area (TPSA) is 43.1 Å². The average molecular weight is 284 g/mol. The molecule has 0 aliphatic rings. The second-order valence-electron chi connectivity index (χ2n) is 3.81. The molecule has 2 N–H and O–H groups in total. The summed E-state index contributed by atoms with van der Waals surface area (Å²) in [6, 6.07) is 11.1. The SMILES string of the molecule is Nc1cc(F)cc(CS(=O)c2ccccc2Cl)c1. The fourth-order valence-corrected chi connectivity index (χ4v) is 3.15. The van der Waals surface area contributed by atoms with Crippen molar-refractivity contribution in [3.8, 4) is 0 Å². The number of nitrogens with two attached hydrogens (primary N) is 1. The van der Waals surface area contributed by atoms with E-state index in [-0.39, 0.29) is 5.75 Å². The van der Waals surface area contributed by atoms with Crippen molar-refractivity contribution >= 4 is 28.1 Å². The molecule has 0 aromatic heterocycles. The third kappa shape index (κ3) is 3.09. The summed E-state index contributed by atoms with van der Waals surface area (Å²) in [6.45, 7) is 0. The fraction of sp³-hybridized carbons (Fsp3) is 0.0769. The molecule has 2 nitrogen and oxygen atoms in total. The molecule has 1 atom stereocenters. The van der Waals surface area contributed by atoms with Crippen LogP contribution in [0.4, 0.5) is 10.1 Å². The van der Waals surface area contributed by atoms with Crippen LogP contribution >= 0.6 is 11.6 Å². The zero-order valence-electron chi connectivity index (χ0n) is 9.40. The minimum absolute atomic E-state index is 0.186. The first-order valence-electron chi connectivity index (χ1n) is 5.24. The van der Waals surface area contributed by atoms with Crippen LogP contribution in [-0.4, -0.2) is 4.21 Å². The molecular formula is C13H11ClFNOS. The summed E-state index contributed by atoms with van der Waals surface area (Å²) in [5.41, 5.74) is 6.45. The molecule has 2 rings (SSSR count). The second-order valence-corrected chi connectivity index (χ2v) is 5.64. The van der Waals surface area contributed by atoms with Crippen LogP contribution in [0.1, 0.15) is 5.56 Å². The predicted octanol–water partition coefficient (Wildman–Crippen LogP) is 3.37. The lowest BCUT2D eigenvalue weighted by Crippen LogP contribution is -1.99. The molecule has 2 aromatic carbocycles. The van der Waals surface area contributed by atoms with E-state index < -0.39 is 16.6 Å². The second kappa shape index (κ2) is 5.50. The molecule has 0 saturated carbocycles. The van der Waals surface area contributed by atoms with Crippen molar-refractivity contribution < 1.29 is 8.60 Å². The fourth-order valence-electron chi connectivity index (χ4n) is 1.62. The highest BCUT2D eigenvalue weighted by atomic mass is 35.5. The zero-order valence-corrected chi connectivity index (χ0v) is 11.0.